The molecule has 0 unspecified atom stereocenters. The van der Waals surface area contributed by atoms with Crippen LogP contribution in [-0.2, 0) is 0 Å². The van der Waals surface area contributed by atoms with E-state index in [-0.39, 0.29) is 6.61 Å². The summed E-state index contributed by atoms with van der Waals surface area (Å²) in [6.45, 7) is -0.296. The Balaban J connectivity index is 2.53. The Hall–Kier alpha value is -0.200. The number of rotatable bonds is 1. The molecule has 0 radical (unpaired) electrons. The average Bonchev–Trinajstić information content (AvgIpc) is 2.17. The zero-order chi connectivity index (χ0) is 7.72. The lowest BCUT2D eigenvalue weighted by molar-refractivity contribution is -0.0256. The lowest BCUT2D eigenvalue weighted by Gasteiger charge is -2.11. The molecule has 5 nitrogen and oxygen atoms in total. The molecular formula is C5H11NO4. The molecule has 10 heavy (non-hydrogen) atoms. The van der Waals surface area contributed by atoms with E-state index < -0.39 is 24.5 Å². The summed E-state index contributed by atoms with van der Waals surface area (Å²) in [5.41, 5.74) is 0. The van der Waals surface area contributed by atoms with E-state index in [1.54, 1.807) is 0 Å². The van der Waals surface area contributed by atoms with Gasteiger partial charge >= 0.3 is 0 Å². The van der Waals surface area contributed by atoms with Crippen LogP contribution in [0.2, 0.25) is 0 Å². The molecule has 0 amide bonds. The zero-order valence-electron chi connectivity index (χ0n) is 5.31. The number of nitrogens with one attached hydrogen (secondary N) is 1. The number of hydrogen-bond donors (Lipinski definition) is 5. The summed E-state index contributed by atoms with van der Waals surface area (Å²) in [6, 6.07) is -0.620. The second-order valence-electron chi connectivity index (χ2n) is 2.38. The summed E-state index contributed by atoms with van der Waals surface area (Å²) in [4.78, 5) is 0. The van der Waals surface area contributed by atoms with Crippen molar-refractivity contribution in [2.75, 3.05) is 6.61 Å². The summed E-state index contributed by atoms with van der Waals surface area (Å²) in [5.74, 6) is 0. The molecule has 0 aromatic rings. The predicted octanol–water partition coefficient (Wildman–Crippen LogP) is -3.01. The van der Waals surface area contributed by atoms with Crippen LogP contribution in [0, 0.1) is 0 Å². The first kappa shape index (κ1) is 7.90. The maximum Gasteiger partial charge on any atom is 0.134 e. The second kappa shape index (κ2) is 2.81. The maximum atomic E-state index is 9.00. The van der Waals surface area contributed by atoms with E-state index in [9.17, 15) is 0 Å². The Bertz CT molecular complexity index is 120. The summed E-state index contributed by atoms with van der Waals surface area (Å²) >= 11 is 0. The third-order valence-electron chi connectivity index (χ3n) is 1.67. The highest BCUT2D eigenvalue weighted by atomic mass is 16.4. The first-order chi connectivity index (χ1) is 4.66. The van der Waals surface area contributed by atoms with Crippen LogP contribution in [0.5, 0.6) is 0 Å². The van der Waals surface area contributed by atoms with Gasteiger partial charge in [-0.05, 0) is 0 Å². The van der Waals surface area contributed by atoms with Crippen LogP contribution in [0.4, 0.5) is 0 Å². The van der Waals surface area contributed by atoms with Crippen molar-refractivity contribution in [3.63, 3.8) is 0 Å². The smallest absolute Gasteiger partial charge is 0.134 e. The van der Waals surface area contributed by atoms with Crippen LogP contribution >= 0.6 is 0 Å². The van der Waals surface area contributed by atoms with Crippen molar-refractivity contribution >= 4 is 0 Å². The Morgan fingerprint density at radius 2 is 1.70 bits per heavy atom. The highest BCUT2D eigenvalue weighted by molar-refractivity contribution is 4.92. The number of hydrogen-bond acceptors (Lipinski definition) is 5. The van der Waals surface area contributed by atoms with Gasteiger partial charge in [-0.15, -0.1) is 0 Å². The predicted molar refractivity (Wildman–Crippen MR) is 32.0 cm³/mol. The Labute approximate surface area is 57.9 Å². The summed E-state index contributed by atoms with van der Waals surface area (Å²) in [6.07, 6.45) is -3.41. The normalized spacial score (nSPS) is 48.0. The van der Waals surface area contributed by atoms with E-state index >= 15 is 0 Å². The van der Waals surface area contributed by atoms with Crippen LogP contribution in [0.15, 0.2) is 0 Å². The van der Waals surface area contributed by atoms with Crippen molar-refractivity contribution in [1.29, 1.82) is 0 Å². The van der Waals surface area contributed by atoms with Crippen LogP contribution in [-0.4, -0.2) is 51.5 Å². The molecule has 4 atom stereocenters. The molecule has 1 heterocycles. The van der Waals surface area contributed by atoms with E-state index in [1.165, 1.54) is 0 Å². The molecule has 1 aliphatic rings. The fourth-order valence-electron chi connectivity index (χ4n) is 1.00. The van der Waals surface area contributed by atoms with Crippen molar-refractivity contribution in [2.24, 2.45) is 0 Å². The second-order valence-corrected chi connectivity index (χ2v) is 2.38. The van der Waals surface area contributed by atoms with Crippen molar-refractivity contribution in [1.82, 2.24) is 5.32 Å². The molecule has 0 aliphatic carbocycles. The topological polar surface area (TPSA) is 93.0 Å². The molecule has 5 N–H and O–H groups in total. The van der Waals surface area contributed by atoms with E-state index in [1.807, 2.05) is 0 Å². The fourth-order valence-corrected chi connectivity index (χ4v) is 1.00. The molecule has 0 aromatic heterocycles. The quantitative estimate of drug-likeness (QED) is 0.274. The summed E-state index contributed by atoms with van der Waals surface area (Å²) in [5, 5.41) is 37.7. The summed E-state index contributed by atoms with van der Waals surface area (Å²) in [7, 11) is 0. The minimum atomic E-state index is -1.20. The molecule has 1 fully saturated rings. The van der Waals surface area contributed by atoms with Gasteiger partial charge in [0.25, 0.3) is 0 Å². The van der Waals surface area contributed by atoms with Gasteiger partial charge in [0, 0.05) is 0 Å². The van der Waals surface area contributed by atoms with Crippen molar-refractivity contribution in [3.05, 3.63) is 0 Å². The average molecular weight is 149 g/mol. The fraction of sp³-hybridized carbons (Fsp3) is 1.00. The zero-order valence-corrected chi connectivity index (χ0v) is 5.31. The molecule has 0 bridgehead atoms. The molecular weight excluding hydrogens is 138 g/mol. The van der Waals surface area contributed by atoms with Gasteiger partial charge < -0.3 is 20.4 Å². The molecule has 1 rings (SSSR count). The van der Waals surface area contributed by atoms with E-state index in [4.69, 9.17) is 20.4 Å². The van der Waals surface area contributed by atoms with E-state index in [0.29, 0.717) is 0 Å². The first-order valence-corrected chi connectivity index (χ1v) is 3.08. The van der Waals surface area contributed by atoms with Gasteiger partial charge in [0.15, 0.2) is 0 Å². The van der Waals surface area contributed by atoms with Gasteiger partial charge in [-0.1, -0.05) is 0 Å². The molecule has 0 aromatic carbocycles. The Kier molecular flexibility index (Phi) is 2.22. The van der Waals surface area contributed by atoms with Gasteiger partial charge in [-0.25, -0.2) is 0 Å². The Morgan fingerprint density at radius 1 is 1.10 bits per heavy atom. The lowest BCUT2D eigenvalue weighted by Crippen LogP contribution is -2.36. The lowest BCUT2D eigenvalue weighted by atomic mass is 10.1. The van der Waals surface area contributed by atoms with Gasteiger partial charge in [0.1, 0.15) is 18.4 Å². The third kappa shape index (κ3) is 1.14. The monoisotopic (exact) mass is 149 g/mol. The number of aliphatic hydroxyl groups excluding tert-OH is 4. The molecule has 0 saturated carbocycles. The molecule has 0 spiro atoms. The van der Waals surface area contributed by atoms with Gasteiger partial charge in [0.05, 0.1) is 12.6 Å². The van der Waals surface area contributed by atoms with Gasteiger partial charge in [0.2, 0.25) is 0 Å². The highest BCUT2D eigenvalue weighted by Gasteiger charge is 2.39. The minimum absolute atomic E-state index is 0.296. The maximum absolute atomic E-state index is 9.00. The third-order valence-corrected chi connectivity index (χ3v) is 1.67. The largest absolute Gasteiger partial charge is 0.395 e. The van der Waals surface area contributed by atoms with E-state index in [0.717, 1.165) is 0 Å². The van der Waals surface area contributed by atoms with Crippen molar-refractivity contribution in [3.8, 4) is 0 Å². The van der Waals surface area contributed by atoms with Crippen LogP contribution < -0.4 is 5.32 Å². The van der Waals surface area contributed by atoms with Crippen LogP contribution in [0.3, 0.4) is 0 Å². The SMILES string of the molecule is OC[C@H]1N[C@@H](O)[C@H](O)[C@@H]1O. The molecule has 1 saturated heterocycles. The molecule has 5 heteroatoms. The minimum Gasteiger partial charge on any atom is -0.395 e. The van der Waals surface area contributed by atoms with Crippen LogP contribution in [0.1, 0.15) is 0 Å². The Morgan fingerprint density at radius 3 is 1.90 bits per heavy atom. The molecule has 60 valence electrons. The first-order valence-electron chi connectivity index (χ1n) is 3.08. The van der Waals surface area contributed by atoms with E-state index in [2.05, 4.69) is 5.32 Å². The van der Waals surface area contributed by atoms with Crippen molar-refractivity contribution in [2.45, 2.75) is 24.5 Å². The standard InChI is InChI=1S/C5H11NO4/c7-1-2-3(8)4(9)5(10)6-2/h2-10H,1H2/t2-,3-,4-,5+/m1/s1. The van der Waals surface area contributed by atoms with Gasteiger partial charge in [-0.3, -0.25) is 5.32 Å². The molecule has 1 aliphatic heterocycles. The van der Waals surface area contributed by atoms with Crippen LogP contribution in [0.25, 0.3) is 0 Å². The highest BCUT2D eigenvalue weighted by Crippen LogP contribution is 2.11. The summed E-state index contributed by atoms with van der Waals surface area (Å²) < 4.78 is 0. The van der Waals surface area contributed by atoms with Crippen molar-refractivity contribution < 1.29 is 20.4 Å². The van der Waals surface area contributed by atoms with Gasteiger partial charge in [-0.2, -0.15) is 0 Å². The number of aliphatic hydroxyl groups is 4.